The number of rotatable bonds is 8. The molecule has 8 heteroatoms. The van der Waals surface area contributed by atoms with E-state index in [2.05, 4.69) is 52.0 Å². The van der Waals surface area contributed by atoms with Crippen LogP contribution in [0.15, 0.2) is 28.6 Å². The zero-order valence-corrected chi connectivity index (χ0v) is 21.4. The van der Waals surface area contributed by atoms with Crippen LogP contribution in [0.4, 0.5) is 0 Å². The number of guanidine groups is 1. The SMILES string of the molecule is CN=C(NCc1ccc(OC)c(OC2CCCC2)c1)NCc1nc(C(C)C)cs1.I. The van der Waals surface area contributed by atoms with E-state index < -0.39 is 0 Å². The second kappa shape index (κ2) is 12.3. The maximum Gasteiger partial charge on any atom is 0.191 e. The standard InChI is InChI=1S/C22H32N4O2S.HI/c1-15(2)18-14-29-21(26-18)13-25-22(23-3)24-12-16-9-10-19(27-4)20(11-16)28-17-7-5-6-8-17;/h9-11,14-15,17H,5-8,12-13H2,1-4H3,(H2,23,24,25);1H. The lowest BCUT2D eigenvalue weighted by molar-refractivity contribution is 0.200. The van der Waals surface area contributed by atoms with Crippen molar-refractivity contribution in [1.82, 2.24) is 15.6 Å². The van der Waals surface area contributed by atoms with Crippen molar-refractivity contribution in [2.45, 2.75) is 64.6 Å². The fourth-order valence-electron chi connectivity index (χ4n) is 3.35. The summed E-state index contributed by atoms with van der Waals surface area (Å²) in [6.07, 6.45) is 5.03. The Balaban J connectivity index is 0.00000320. The molecule has 1 aliphatic rings. The lowest BCUT2D eigenvalue weighted by atomic mass is 10.2. The molecule has 0 aliphatic heterocycles. The van der Waals surface area contributed by atoms with E-state index in [0.29, 0.717) is 25.1 Å². The second-order valence-electron chi connectivity index (χ2n) is 7.61. The summed E-state index contributed by atoms with van der Waals surface area (Å²) in [6.45, 7) is 5.63. The average molecular weight is 545 g/mol. The quantitative estimate of drug-likeness (QED) is 0.276. The first-order valence-electron chi connectivity index (χ1n) is 10.3. The molecular weight excluding hydrogens is 511 g/mol. The number of aromatic nitrogens is 1. The number of methoxy groups -OCH3 is 1. The largest absolute Gasteiger partial charge is 0.493 e. The van der Waals surface area contributed by atoms with Crippen LogP contribution in [0.25, 0.3) is 0 Å². The number of halogens is 1. The Morgan fingerprint density at radius 1 is 1.20 bits per heavy atom. The fraction of sp³-hybridized carbons (Fsp3) is 0.545. The normalized spacial score (nSPS) is 14.5. The van der Waals surface area contributed by atoms with E-state index in [1.165, 1.54) is 12.8 Å². The molecule has 3 rings (SSSR count). The van der Waals surface area contributed by atoms with Gasteiger partial charge < -0.3 is 20.1 Å². The highest BCUT2D eigenvalue weighted by atomic mass is 127. The Morgan fingerprint density at radius 3 is 2.57 bits per heavy atom. The van der Waals surface area contributed by atoms with E-state index in [4.69, 9.17) is 9.47 Å². The minimum absolute atomic E-state index is 0. The lowest BCUT2D eigenvalue weighted by Crippen LogP contribution is -2.36. The smallest absolute Gasteiger partial charge is 0.191 e. The van der Waals surface area contributed by atoms with Crippen molar-refractivity contribution in [2.75, 3.05) is 14.2 Å². The van der Waals surface area contributed by atoms with Crippen LogP contribution >= 0.6 is 35.3 Å². The first kappa shape index (κ1) is 24.7. The summed E-state index contributed by atoms with van der Waals surface area (Å²) in [4.78, 5) is 8.97. The highest BCUT2D eigenvalue weighted by Crippen LogP contribution is 2.32. The molecule has 0 bridgehead atoms. The van der Waals surface area contributed by atoms with Crippen molar-refractivity contribution >= 4 is 41.3 Å². The van der Waals surface area contributed by atoms with Gasteiger partial charge in [-0.05, 0) is 49.3 Å². The lowest BCUT2D eigenvalue weighted by Gasteiger charge is -2.17. The third-order valence-corrected chi connectivity index (χ3v) is 5.94. The van der Waals surface area contributed by atoms with Crippen LogP contribution in [0, 0.1) is 0 Å². The van der Waals surface area contributed by atoms with Crippen LogP contribution < -0.4 is 20.1 Å². The van der Waals surface area contributed by atoms with Gasteiger partial charge in [-0.15, -0.1) is 35.3 Å². The Kier molecular flexibility index (Phi) is 10.2. The van der Waals surface area contributed by atoms with Gasteiger partial charge in [0.25, 0.3) is 0 Å². The van der Waals surface area contributed by atoms with E-state index in [1.54, 1.807) is 25.5 Å². The Labute approximate surface area is 200 Å². The number of hydrogen-bond acceptors (Lipinski definition) is 5. The van der Waals surface area contributed by atoms with Crippen LogP contribution in [0.3, 0.4) is 0 Å². The summed E-state index contributed by atoms with van der Waals surface area (Å²) in [5.41, 5.74) is 2.26. The molecule has 166 valence electrons. The maximum absolute atomic E-state index is 6.19. The molecule has 1 saturated carbocycles. The van der Waals surface area contributed by atoms with Crippen LogP contribution in [0.1, 0.15) is 61.7 Å². The predicted molar refractivity (Wildman–Crippen MR) is 135 cm³/mol. The van der Waals surface area contributed by atoms with E-state index >= 15 is 0 Å². The molecule has 1 aliphatic carbocycles. The van der Waals surface area contributed by atoms with Crippen molar-refractivity contribution in [2.24, 2.45) is 4.99 Å². The number of ether oxygens (including phenoxy) is 2. The average Bonchev–Trinajstić information content (AvgIpc) is 3.40. The molecule has 1 heterocycles. The summed E-state index contributed by atoms with van der Waals surface area (Å²) in [6, 6.07) is 6.09. The van der Waals surface area contributed by atoms with Crippen molar-refractivity contribution in [1.29, 1.82) is 0 Å². The van der Waals surface area contributed by atoms with Crippen LogP contribution in [-0.2, 0) is 13.1 Å². The highest BCUT2D eigenvalue weighted by Gasteiger charge is 2.18. The molecule has 6 nitrogen and oxygen atoms in total. The summed E-state index contributed by atoms with van der Waals surface area (Å²) >= 11 is 1.68. The van der Waals surface area contributed by atoms with Crippen molar-refractivity contribution in [3.8, 4) is 11.5 Å². The zero-order chi connectivity index (χ0) is 20.6. The first-order valence-corrected chi connectivity index (χ1v) is 11.2. The van der Waals surface area contributed by atoms with Gasteiger partial charge in [0.15, 0.2) is 17.5 Å². The van der Waals surface area contributed by atoms with Crippen molar-refractivity contribution < 1.29 is 9.47 Å². The van der Waals surface area contributed by atoms with Gasteiger partial charge in [-0.25, -0.2) is 4.98 Å². The summed E-state index contributed by atoms with van der Waals surface area (Å²) in [5, 5.41) is 9.89. The van der Waals surface area contributed by atoms with Crippen molar-refractivity contribution in [3.63, 3.8) is 0 Å². The topological polar surface area (TPSA) is 67.8 Å². The molecule has 1 aromatic heterocycles. The summed E-state index contributed by atoms with van der Waals surface area (Å²) in [7, 11) is 3.46. The molecule has 2 aromatic rings. The van der Waals surface area contributed by atoms with Gasteiger partial charge in [-0.3, -0.25) is 4.99 Å². The Bertz CT molecular complexity index is 819. The number of thiazole rings is 1. The number of benzene rings is 1. The molecule has 30 heavy (non-hydrogen) atoms. The fourth-order valence-corrected chi connectivity index (χ4v) is 4.24. The monoisotopic (exact) mass is 544 g/mol. The van der Waals surface area contributed by atoms with E-state index in [0.717, 1.165) is 46.6 Å². The van der Waals surface area contributed by atoms with E-state index in [1.807, 2.05) is 6.07 Å². The third kappa shape index (κ3) is 7.01. The molecule has 1 fully saturated rings. The number of nitrogens with zero attached hydrogens (tertiary/aromatic N) is 2. The molecule has 0 atom stereocenters. The minimum atomic E-state index is 0. The third-order valence-electron chi connectivity index (χ3n) is 5.08. The minimum Gasteiger partial charge on any atom is -0.493 e. The predicted octanol–water partition coefficient (Wildman–Crippen LogP) is 5.08. The van der Waals surface area contributed by atoms with Crippen molar-refractivity contribution in [3.05, 3.63) is 39.8 Å². The van der Waals surface area contributed by atoms with Gasteiger partial charge in [0.2, 0.25) is 0 Å². The van der Waals surface area contributed by atoms with Crippen LogP contribution in [0.2, 0.25) is 0 Å². The van der Waals surface area contributed by atoms with E-state index in [-0.39, 0.29) is 24.0 Å². The molecule has 1 aromatic carbocycles. The second-order valence-corrected chi connectivity index (χ2v) is 8.55. The van der Waals surface area contributed by atoms with Gasteiger partial charge in [0, 0.05) is 19.0 Å². The Hall–Kier alpha value is -1.55. The molecule has 0 saturated heterocycles. The van der Waals surface area contributed by atoms with Gasteiger partial charge in [0.1, 0.15) is 5.01 Å². The van der Waals surface area contributed by atoms with Gasteiger partial charge in [-0.1, -0.05) is 19.9 Å². The van der Waals surface area contributed by atoms with E-state index in [9.17, 15) is 0 Å². The number of nitrogens with one attached hydrogen (secondary N) is 2. The zero-order valence-electron chi connectivity index (χ0n) is 18.2. The van der Waals surface area contributed by atoms with Crippen LogP contribution in [0.5, 0.6) is 11.5 Å². The summed E-state index contributed by atoms with van der Waals surface area (Å²) in [5.74, 6) is 2.81. The highest BCUT2D eigenvalue weighted by molar-refractivity contribution is 14.0. The van der Waals surface area contributed by atoms with Gasteiger partial charge in [-0.2, -0.15) is 0 Å². The molecular formula is C22H33IN4O2S. The first-order chi connectivity index (χ1) is 14.1. The summed E-state index contributed by atoms with van der Waals surface area (Å²) < 4.78 is 11.7. The Morgan fingerprint density at radius 2 is 1.93 bits per heavy atom. The number of aliphatic imine (C=N–C) groups is 1. The van der Waals surface area contributed by atoms with Crippen LogP contribution in [-0.4, -0.2) is 31.2 Å². The molecule has 0 amide bonds. The number of hydrogen-bond donors (Lipinski definition) is 2. The van der Waals surface area contributed by atoms with Gasteiger partial charge >= 0.3 is 0 Å². The van der Waals surface area contributed by atoms with Gasteiger partial charge in [0.05, 0.1) is 25.5 Å². The molecule has 2 N–H and O–H groups in total. The molecule has 0 unspecified atom stereocenters. The molecule has 0 radical (unpaired) electrons. The maximum atomic E-state index is 6.19. The molecule has 0 spiro atoms.